The Hall–Kier alpha value is -3.74. The third-order valence-corrected chi connectivity index (χ3v) is 4.83. The van der Waals surface area contributed by atoms with Crippen molar-refractivity contribution in [2.75, 3.05) is 0 Å². The van der Waals surface area contributed by atoms with Gasteiger partial charge in [0, 0.05) is 29.0 Å². The van der Waals surface area contributed by atoms with Crippen molar-refractivity contribution in [3.8, 4) is 33.8 Å². The van der Waals surface area contributed by atoms with E-state index in [-0.39, 0.29) is 5.69 Å². The number of hydrogen-bond acceptors (Lipinski definition) is 5. The van der Waals surface area contributed by atoms with Gasteiger partial charge in [0.2, 0.25) is 0 Å². The number of rotatable bonds is 5. The fraction of sp³-hybridized carbons (Fsp3) is 0.143. The molecule has 4 aromatic rings. The van der Waals surface area contributed by atoms with Crippen molar-refractivity contribution in [1.29, 1.82) is 0 Å². The highest BCUT2D eigenvalue weighted by Gasteiger charge is 2.27. The predicted octanol–water partition coefficient (Wildman–Crippen LogP) is 3.70. The van der Waals surface area contributed by atoms with E-state index in [1.54, 1.807) is 18.3 Å². The third-order valence-electron chi connectivity index (χ3n) is 4.83. The van der Waals surface area contributed by atoms with Crippen LogP contribution in [0.5, 0.6) is 0 Å². The van der Waals surface area contributed by atoms with Crippen molar-refractivity contribution < 1.29 is 9.32 Å². The minimum atomic E-state index is -0.562. The lowest BCUT2D eigenvalue weighted by Crippen LogP contribution is -2.14. The number of nitrogens with two attached hydrogens (primary N) is 1. The van der Waals surface area contributed by atoms with E-state index in [0.717, 1.165) is 40.9 Å². The van der Waals surface area contributed by atoms with Crippen molar-refractivity contribution in [3.05, 3.63) is 66.7 Å². The van der Waals surface area contributed by atoms with Gasteiger partial charge >= 0.3 is 0 Å². The van der Waals surface area contributed by atoms with Crippen LogP contribution in [0, 0.1) is 0 Å². The third kappa shape index (κ3) is 2.96. The van der Waals surface area contributed by atoms with Gasteiger partial charge in [0.05, 0.1) is 17.4 Å². The van der Waals surface area contributed by atoms with Crippen molar-refractivity contribution in [1.82, 2.24) is 19.9 Å². The molecule has 0 saturated heterocycles. The number of hydrogen-bond donors (Lipinski definition) is 1. The maximum absolute atomic E-state index is 11.9. The van der Waals surface area contributed by atoms with Crippen LogP contribution in [0.25, 0.3) is 33.8 Å². The van der Waals surface area contributed by atoms with E-state index in [4.69, 9.17) is 10.3 Å². The Bertz CT molecular complexity index is 1160. The quantitative estimate of drug-likeness (QED) is 0.576. The van der Waals surface area contributed by atoms with Gasteiger partial charge in [-0.3, -0.25) is 9.48 Å². The van der Waals surface area contributed by atoms with E-state index in [0.29, 0.717) is 11.7 Å². The second kappa shape index (κ2) is 6.45. The maximum atomic E-state index is 11.9. The van der Waals surface area contributed by atoms with E-state index < -0.39 is 5.91 Å². The molecule has 7 nitrogen and oxygen atoms in total. The van der Waals surface area contributed by atoms with Gasteiger partial charge in [-0.1, -0.05) is 23.4 Å². The van der Waals surface area contributed by atoms with Crippen LogP contribution in [0.15, 0.2) is 65.5 Å². The molecule has 5 rings (SSSR count). The SMILES string of the molecule is NC(=O)c1cc(-c2ccnn2C2CC2)cc(-c2cccc(-c3ccon3)c2)n1. The Labute approximate surface area is 160 Å². The van der Waals surface area contributed by atoms with Crippen molar-refractivity contribution in [2.45, 2.75) is 18.9 Å². The summed E-state index contributed by atoms with van der Waals surface area (Å²) in [6, 6.07) is 15.6. The van der Waals surface area contributed by atoms with Gasteiger partial charge in [-0.05, 0) is 37.1 Å². The molecule has 2 N–H and O–H groups in total. The molecule has 0 bridgehead atoms. The Balaban J connectivity index is 1.64. The fourth-order valence-corrected chi connectivity index (χ4v) is 3.30. The van der Waals surface area contributed by atoms with Crippen LogP contribution < -0.4 is 5.73 Å². The Morgan fingerprint density at radius 2 is 1.86 bits per heavy atom. The van der Waals surface area contributed by atoms with Gasteiger partial charge in [-0.15, -0.1) is 0 Å². The Morgan fingerprint density at radius 1 is 1.04 bits per heavy atom. The van der Waals surface area contributed by atoms with Gasteiger partial charge < -0.3 is 10.3 Å². The molecule has 0 aliphatic heterocycles. The van der Waals surface area contributed by atoms with Crippen LogP contribution >= 0.6 is 0 Å². The van der Waals surface area contributed by atoms with Crippen molar-refractivity contribution in [2.24, 2.45) is 5.73 Å². The van der Waals surface area contributed by atoms with Gasteiger partial charge in [0.15, 0.2) is 0 Å². The van der Waals surface area contributed by atoms with Gasteiger partial charge in [-0.2, -0.15) is 5.10 Å². The molecule has 138 valence electrons. The molecular formula is C21H17N5O2. The van der Waals surface area contributed by atoms with E-state index in [1.165, 1.54) is 6.26 Å². The fourth-order valence-electron chi connectivity index (χ4n) is 3.30. The summed E-state index contributed by atoms with van der Waals surface area (Å²) in [5.41, 5.74) is 10.8. The van der Waals surface area contributed by atoms with Gasteiger partial charge in [0.25, 0.3) is 5.91 Å². The minimum absolute atomic E-state index is 0.225. The highest BCUT2D eigenvalue weighted by Crippen LogP contribution is 2.38. The molecule has 3 heterocycles. The summed E-state index contributed by atoms with van der Waals surface area (Å²) >= 11 is 0. The van der Waals surface area contributed by atoms with Crippen LogP contribution in [0.2, 0.25) is 0 Å². The maximum Gasteiger partial charge on any atom is 0.267 e. The first-order chi connectivity index (χ1) is 13.7. The summed E-state index contributed by atoms with van der Waals surface area (Å²) in [5.74, 6) is -0.562. The van der Waals surface area contributed by atoms with Gasteiger partial charge in [0.1, 0.15) is 17.7 Å². The van der Waals surface area contributed by atoms with Crippen LogP contribution in [0.3, 0.4) is 0 Å². The molecule has 1 fully saturated rings. The number of amides is 1. The van der Waals surface area contributed by atoms with Crippen molar-refractivity contribution >= 4 is 5.91 Å². The molecule has 0 spiro atoms. The first-order valence-corrected chi connectivity index (χ1v) is 9.06. The average Bonchev–Trinajstić information content (AvgIpc) is 3.21. The lowest BCUT2D eigenvalue weighted by Gasteiger charge is -2.10. The van der Waals surface area contributed by atoms with E-state index in [9.17, 15) is 4.79 Å². The van der Waals surface area contributed by atoms with Gasteiger partial charge in [-0.25, -0.2) is 4.98 Å². The van der Waals surface area contributed by atoms with Crippen molar-refractivity contribution in [3.63, 3.8) is 0 Å². The van der Waals surface area contributed by atoms with E-state index in [2.05, 4.69) is 15.2 Å². The summed E-state index contributed by atoms with van der Waals surface area (Å²) < 4.78 is 6.95. The largest absolute Gasteiger partial charge is 0.364 e. The zero-order valence-corrected chi connectivity index (χ0v) is 14.9. The molecule has 1 aliphatic rings. The smallest absolute Gasteiger partial charge is 0.267 e. The molecule has 0 radical (unpaired) electrons. The lowest BCUT2D eigenvalue weighted by molar-refractivity contribution is 0.0995. The van der Waals surface area contributed by atoms with Crippen LogP contribution in [-0.4, -0.2) is 25.8 Å². The first-order valence-electron chi connectivity index (χ1n) is 9.06. The predicted molar refractivity (Wildman–Crippen MR) is 103 cm³/mol. The number of carbonyl (C=O) groups excluding carboxylic acids is 1. The summed E-state index contributed by atoms with van der Waals surface area (Å²) in [5, 5.41) is 8.42. The molecule has 3 aromatic heterocycles. The topological polar surface area (TPSA) is 99.8 Å². The molecular weight excluding hydrogens is 354 g/mol. The summed E-state index contributed by atoms with van der Waals surface area (Å²) in [6.45, 7) is 0. The number of aromatic nitrogens is 4. The summed E-state index contributed by atoms with van der Waals surface area (Å²) in [7, 11) is 0. The van der Waals surface area contributed by atoms with Crippen LogP contribution in [0.4, 0.5) is 0 Å². The van der Waals surface area contributed by atoms with Crippen LogP contribution in [0.1, 0.15) is 29.4 Å². The summed E-state index contributed by atoms with van der Waals surface area (Å²) in [6.07, 6.45) is 5.55. The second-order valence-corrected chi connectivity index (χ2v) is 6.85. The molecule has 0 atom stereocenters. The minimum Gasteiger partial charge on any atom is -0.364 e. The molecule has 7 heteroatoms. The molecule has 1 amide bonds. The van der Waals surface area contributed by atoms with E-state index in [1.807, 2.05) is 41.1 Å². The number of primary amides is 1. The molecule has 1 aromatic carbocycles. The number of nitrogens with zero attached hydrogens (tertiary/aromatic N) is 4. The number of benzene rings is 1. The first kappa shape index (κ1) is 16.4. The summed E-state index contributed by atoms with van der Waals surface area (Å²) in [4.78, 5) is 16.4. The standard InChI is InChI=1S/C21H17N5O2/c22-21(27)19-12-15(20-6-8-23-26(20)16-4-5-16)11-18(24-19)14-3-1-2-13(10-14)17-7-9-28-25-17/h1-3,6-12,16H,4-5H2,(H2,22,27). The molecule has 1 aliphatic carbocycles. The monoisotopic (exact) mass is 371 g/mol. The molecule has 1 saturated carbocycles. The number of carbonyl (C=O) groups is 1. The lowest BCUT2D eigenvalue weighted by atomic mass is 10.0. The normalized spacial score (nSPS) is 13.6. The van der Waals surface area contributed by atoms with Crippen LogP contribution in [-0.2, 0) is 0 Å². The second-order valence-electron chi connectivity index (χ2n) is 6.85. The highest BCUT2D eigenvalue weighted by molar-refractivity contribution is 5.93. The zero-order valence-electron chi connectivity index (χ0n) is 14.9. The zero-order chi connectivity index (χ0) is 19.1. The number of pyridine rings is 1. The highest BCUT2D eigenvalue weighted by atomic mass is 16.5. The Kier molecular flexibility index (Phi) is 3.79. The van der Waals surface area contributed by atoms with E-state index >= 15 is 0 Å². The average molecular weight is 371 g/mol. The Morgan fingerprint density at radius 3 is 2.57 bits per heavy atom. The molecule has 0 unspecified atom stereocenters. The molecule has 28 heavy (non-hydrogen) atoms.